The maximum absolute atomic E-state index is 11.6. The number of rotatable bonds is 3. The molecule has 0 aliphatic carbocycles. The van der Waals surface area contributed by atoms with Crippen LogP contribution in [0.3, 0.4) is 0 Å². The number of carbonyl (C=O) groups is 1. The van der Waals surface area contributed by atoms with Gasteiger partial charge in [0.1, 0.15) is 11.2 Å². The Balaban J connectivity index is 2.22. The first-order valence-electron chi connectivity index (χ1n) is 8.03. The summed E-state index contributed by atoms with van der Waals surface area (Å²) < 4.78 is 6.41. The monoisotopic (exact) mass is 429 g/mol. The van der Waals surface area contributed by atoms with Gasteiger partial charge in [-0.3, -0.25) is 0 Å². The number of carboxylic acid groups (broad SMARTS) is 1. The van der Waals surface area contributed by atoms with Gasteiger partial charge in [-0.05, 0) is 34.2 Å². The molecule has 0 saturated carbocycles. The van der Waals surface area contributed by atoms with Gasteiger partial charge in [0.25, 0.3) is 0 Å². The highest BCUT2D eigenvalue weighted by atomic mass is 79.9. The number of pyridine rings is 1. The summed E-state index contributed by atoms with van der Waals surface area (Å²) in [7, 11) is 0. The van der Waals surface area contributed by atoms with Crippen molar-refractivity contribution in [2.75, 3.05) is 13.2 Å². The van der Waals surface area contributed by atoms with Gasteiger partial charge in [-0.15, -0.1) is 0 Å². The summed E-state index contributed by atoms with van der Waals surface area (Å²) >= 11 is 9.19. The maximum atomic E-state index is 11.6. The van der Waals surface area contributed by atoms with Crippen LogP contribution in [0.4, 0.5) is 4.79 Å². The van der Waals surface area contributed by atoms with Crippen molar-refractivity contribution >= 4 is 33.6 Å². The topological polar surface area (TPSA) is 86.5 Å². The van der Waals surface area contributed by atoms with Gasteiger partial charge < -0.3 is 14.7 Å². The molecule has 1 aromatic heterocycles. The highest BCUT2D eigenvalue weighted by Crippen LogP contribution is 2.37. The third-order valence-electron chi connectivity index (χ3n) is 4.35. The fourth-order valence-electron chi connectivity index (χ4n) is 3.48. The molecule has 1 fully saturated rings. The Morgan fingerprint density at radius 2 is 2.28 bits per heavy atom. The van der Waals surface area contributed by atoms with Gasteiger partial charge >= 0.3 is 6.09 Å². The predicted octanol–water partition coefficient (Wildman–Crippen LogP) is 4.55. The Bertz CT molecular complexity index is 700. The van der Waals surface area contributed by atoms with Crippen molar-refractivity contribution in [3.05, 3.63) is 21.4 Å². The molecule has 1 unspecified atom stereocenters. The zero-order chi connectivity index (χ0) is 18.8. The van der Waals surface area contributed by atoms with Crippen LogP contribution in [0.2, 0.25) is 5.15 Å². The van der Waals surface area contributed by atoms with Crippen molar-refractivity contribution in [1.82, 2.24) is 9.88 Å². The van der Waals surface area contributed by atoms with E-state index in [1.807, 2.05) is 26.8 Å². The van der Waals surface area contributed by atoms with Crippen LogP contribution < -0.4 is 4.74 Å². The van der Waals surface area contributed by atoms with E-state index >= 15 is 0 Å². The van der Waals surface area contributed by atoms with Crippen LogP contribution >= 0.6 is 27.5 Å². The van der Waals surface area contributed by atoms with E-state index in [1.165, 1.54) is 4.90 Å². The summed E-state index contributed by atoms with van der Waals surface area (Å²) in [4.78, 5) is 17.1. The lowest BCUT2D eigenvalue weighted by atomic mass is 9.74. The van der Waals surface area contributed by atoms with Gasteiger partial charge in [-0.25, -0.2) is 9.78 Å². The normalized spacial score (nSPS) is 20.9. The van der Waals surface area contributed by atoms with Crippen LogP contribution in [0.25, 0.3) is 0 Å². The number of hydrogen-bond acceptors (Lipinski definition) is 4. The SMILES string of the molecule is CC(C)(C)C1[C@H](COc2cc(Br)c(Cl)nc2C#N)CCCN1C(=O)O. The molecule has 0 aromatic carbocycles. The number of halogens is 2. The average Bonchev–Trinajstić information content (AvgIpc) is 2.54. The zero-order valence-corrected chi connectivity index (χ0v) is 16.8. The van der Waals surface area contributed by atoms with E-state index in [0.717, 1.165) is 12.8 Å². The minimum Gasteiger partial charge on any atom is -0.490 e. The molecule has 2 rings (SSSR count). The van der Waals surface area contributed by atoms with Gasteiger partial charge in [0.2, 0.25) is 0 Å². The molecule has 6 nitrogen and oxygen atoms in total. The molecular formula is C17H21BrClN3O3. The molecule has 1 aliphatic rings. The highest BCUT2D eigenvalue weighted by Gasteiger charge is 2.42. The molecule has 2 heterocycles. The number of aromatic nitrogens is 1. The molecule has 0 radical (unpaired) electrons. The standard InChI is InChI=1S/C17H21BrClN3O3/c1-17(2,3)14-10(5-4-6-22(14)16(23)24)9-25-13-7-11(18)15(19)21-12(13)8-20/h7,10,14H,4-6,9H2,1-3H3,(H,23,24)/t10-,14?/m0/s1. The van der Waals surface area contributed by atoms with Crippen LogP contribution in [-0.2, 0) is 0 Å². The smallest absolute Gasteiger partial charge is 0.407 e. The van der Waals surface area contributed by atoms with E-state index in [0.29, 0.717) is 23.4 Å². The van der Waals surface area contributed by atoms with Crippen LogP contribution in [0.5, 0.6) is 5.75 Å². The molecule has 8 heteroatoms. The van der Waals surface area contributed by atoms with Gasteiger partial charge in [0, 0.05) is 24.6 Å². The molecule has 136 valence electrons. The Kier molecular flexibility index (Phi) is 6.17. The summed E-state index contributed by atoms with van der Waals surface area (Å²) in [6.45, 7) is 6.95. The Hall–Kier alpha value is -1.52. The predicted molar refractivity (Wildman–Crippen MR) is 97.9 cm³/mol. The summed E-state index contributed by atoms with van der Waals surface area (Å²) in [5.41, 5.74) is -0.101. The van der Waals surface area contributed by atoms with Crippen molar-refractivity contribution < 1.29 is 14.6 Å². The van der Waals surface area contributed by atoms with Gasteiger partial charge in [0.05, 0.1) is 11.1 Å². The Morgan fingerprint density at radius 1 is 1.60 bits per heavy atom. The van der Waals surface area contributed by atoms with Crippen molar-refractivity contribution in [3.63, 3.8) is 0 Å². The lowest BCUT2D eigenvalue weighted by Crippen LogP contribution is -2.55. The first-order valence-corrected chi connectivity index (χ1v) is 9.20. The quantitative estimate of drug-likeness (QED) is 0.711. The second-order valence-corrected chi connectivity index (χ2v) is 8.43. The van der Waals surface area contributed by atoms with Crippen LogP contribution in [0.15, 0.2) is 10.5 Å². The molecule has 2 atom stereocenters. The fraction of sp³-hybridized carbons (Fsp3) is 0.588. The highest BCUT2D eigenvalue weighted by molar-refractivity contribution is 9.10. The maximum Gasteiger partial charge on any atom is 0.407 e. The van der Waals surface area contributed by atoms with Crippen molar-refractivity contribution in [1.29, 1.82) is 5.26 Å². The molecule has 0 bridgehead atoms. The Morgan fingerprint density at radius 3 is 2.84 bits per heavy atom. The molecule has 1 saturated heterocycles. The number of hydrogen-bond donors (Lipinski definition) is 1. The fourth-order valence-corrected chi connectivity index (χ4v) is 3.91. The molecule has 0 spiro atoms. The van der Waals surface area contributed by atoms with Crippen LogP contribution in [0.1, 0.15) is 39.3 Å². The second-order valence-electron chi connectivity index (χ2n) is 7.22. The first kappa shape index (κ1) is 19.8. The van der Waals surface area contributed by atoms with Crippen LogP contribution in [-0.4, -0.2) is 40.3 Å². The lowest BCUT2D eigenvalue weighted by Gasteiger charge is -2.46. The number of nitriles is 1. The summed E-state index contributed by atoms with van der Waals surface area (Å²) in [6, 6.07) is 3.44. The number of ether oxygens (including phenoxy) is 1. The minimum absolute atomic E-state index is 0.0332. The average molecular weight is 431 g/mol. The first-order chi connectivity index (χ1) is 11.6. The summed E-state index contributed by atoms with van der Waals surface area (Å²) in [6.07, 6.45) is 0.759. The third-order valence-corrected chi connectivity index (χ3v) is 5.47. The molecule has 1 aliphatic heterocycles. The number of amides is 1. The lowest BCUT2D eigenvalue weighted by molar-refractivity contribution is 0.00666. The molecule has 1 N–H and O–H groups in total. The van der Waals surface area contributed by atoms with Crippen molar-refractivity contribution in [2.45, 2.75) is 39.7 Å². The summed E-state index contributed by atoms with van der Waals surface area (Å²) in [5.74, 6) is 0.379. The van der Waals surface area contributed by atoms with Gasteiger partial charge in [-0.1, -0.05) is 32.4 Å². The van der Waals surface area contributed by atoms with E-state index in [4.69, 9.17) is 16.3 Å². The molecule has 25 heavy (non-hydrogen) atoms. The largest absolute Gasteiger partial charge is 0.490 e. The van der Waals surface area contributed by atoms with E-state index in [1.54, 1.807) is 6.07 Å². The molecule has 1 amide bonds. The third kappa shape index (κ3) is 4.56. The zero-order valence-electron chi connectivity index (χ0n) is 14.4. The van der Waals surface area contributed by atoms with Gasteiger partial charge in [0.15, 0.2) is 11.4 Å². The number of piperidine rings is 1. The van der Waals surface area contributed by atoms with E-state index in [2.05, 4.69) is 20.9 Å². The number of likely N-dealkylation sites (tertiary alicyclic amines) is 1. The van der Waals surface area contributed by atoms with E-state index in [-0.39, 0.29) is 28.2 Å². The van der Waals surface area contributed by atoms with Crippen molar-refractivity contribution in [2.24, 2.45) is 11.3 Å². The second kappa shape index (κ2) is 7.79. The Labute approximate surface area is 160 Å². The molecule has 1 aromatic rings. The van der Waals surface area contributed by atoms with E-state index < -0.39 is 6.09 Å². The summed E-state index contributed by atoms with van der Waals surface area (Å²) in [5, 5.41) is 18.9. The molecular weight excluding hydrogens is 410 g/mol. The number of nitrogens with zero attached hydrogens (tertiary/aromatic N) is 3. The van der Waals surface area contributed by atoms with Gasteiger partial charge in [-0.2, -0.15) is 5.26 Å². The van der Waals surface area contributed by atoms with Crippen LogP contribution in [0, 0.1) is 22.7 Å². The van der Waals surface area contributed by atoms with E-state index in [9.17, 15) is 15.2 Å². The van der Waals surface area contributed by atoms with Crippen molar-refractivity contribution in [3.8, 4) is 11.8 Å². The minimum atomic E-state index is -0.904.